The summed E-state index contributed by atoms with van der Waals surface area (Å²) in [6.45, 7) is 4.80. The van der Waals surface area contributed by atoms with E-state index in [1.807, 2.05) is 0 Å². The van der Waals surface area contributed by atoms with Gasteiger partial charge in [0, 0.05) is 11.4 Å². The quantitative estimate of drug-likeness (QED) is 0.860. The first-order valence-corrected chi connectivity index (χ1v) is 8.03. The van der Waals surface area contributed by atoms with Crippen molar-refractivity contribution in [3.63, 3.8) is 0 Å². The minimum atomic E-state index is -4.11. The van der Waals surface area contributed by atoms with Crippen molar-refractivity contribution in [2.45, 2.75) is 43.2 Å². The number of hydrogen-bond acceptors (Lipinski definition) is 4. The monoisotopic (exact) mass is 335 g/mol. The average molecular weight is 336 g/mol. The molecule has 1 aromatic carbocycles. The summed E-state index contributed by atoms with van der Waals surface area (Å²) in [5, 5.41) is -0.0464. The zero-order chi connectivity index (χ0) is 16.1. The molecule has 1 aromatic rings. The van der Waals surface area contributed by atoms with Gasteiger partial charge in [-0.15, -0.1) is 0 Å². The number of hydrogen-bond donors (Lipinski definition) is 1. The molecule has 0 saturated carbocycles. The Morgan fingerprint density at radius 3 is 2.38 bits per heavy atom. The number of ether oxygens (including phenoxy) is 1. The molecule has 1 N–H and O–H groups in total. The highest BCUT2D eigenvalue weighted by Crippen LogP contribution is 2.34. The van der Waals surface area contributed by atoms with E-state index in [0.717, 1.165) is 18.2 Å². The molecule has 1 heterocycles. The molecule has 0 bridgehead atoms. The van der Waals surface area contributed by atoms with E-state index in [9.17, 15) is 17.6 Å². The highest BCUT2D eigenvalue weighted by molar-refractivity contribution is 7.89. The van der Waals surface area contributed by atoms with E-state index in [2.05, 4.69) is 4.72 Å². The summed E-state index contributed by atoms with van der Waals surface area (Å²) >= 11 is 5.66. The summed E-state index contributed by atoms with van der Waals surface area (Å²) in [5.41, 5.74) is -2.17. The van der Waals surface area contributed by atoms with Crippen LogP contribution in [-0.4, -0.2) is 25.5 Å². The maximum absolute atomic E-state index is 13.3. The van der Waals surface area contributed by atoms with E-state index < -0.39 is 32.9 Å². The van der Waals surface area contributed by atoms with Gasteiger partial charge >= 0.3 is 5.97 Å². The first-order chi connectivity index (χ1) is 9.43. The number of carbonyl (C=O) groups is 1. The molecule has 8 heteroatoms. The van der Waals surface area contributed by atoms with Crippen molar-refractivity contribution in [2.24, 2.45) is 0 Å². The molecule has 1 atom stereocenters. The lowest BCUT2D eigenvalue weighted by molar-refractivity contribution is -0.149. The molecule has 0 spiro atoms. The largest absolute Gasteiger partial charge is 0.458 e. The summed E-state index contributed by atoms with van der Waals surface area (Å²) < 4.78 is 45.3. The van der Waals surface area contributed by atoms with Crippen molar-refractivity contribution >= 4 is 27.6 Å². The molecule has 0 aromatic heterocycles. The van der Waals surface area contributed by atoms with E-state index in [1.54, 1.807) is 13.8 Å². The average Bonchev–Trinajstić information content (AvgIpc) is 2.44. The van der Waals surface area contributed by atoms with Crippen LogP contribution in [0.2, 0.25) is 5.02 Å². The van der Waals surface area contributed by atoms with E-state index >= 15 is 0 Å². The molecule has 21 heavy (non-hydrogen) atoms. The highest BCUT2D eigenvalue weighted by Gasteiger charge is 2.51. The minimum absolute atomic E-state index is 0.0464. The van der Waals surface area contributed by atoms with Crippen LogP contribution in [-0.2, 0) is 19.6 Å². The number of cyclic esters (lactones) is 1. The fraction of sp³-hybridized carbons (Fsp3) is 0.462. The number of carbonyl (C=O) groups excluding carboxylic acids is 1. The summed E-state index contributed by atoms with van der Waals surface area (Å²) in [5.74, 6) is -1.44. The molecule has 1 unspecified atom stereocenters. The van der Waals surface area contributed by atoms with Crippen LogP contribution >= 0.6 is 11.6 Å². The van der Waals surface area contributed by atoms with Crippen LogP contribution < -0.4 is 4.72 Å². The smallest absolute Gasteiger partial charge is 0.327 e. The van der Waals surface area contributed by atoms with E-state index in [4.69, 9.17) is 16.3 Å². The van der Waals surface area contributed by atoms with Gasteiger partial charge in [-0.05, 0) is 39.0 Å². The molecule has 1 aliphatic heterocycles. The molecular weight excluding hydrogens is 321 g/mol. The van der Waals surface area contributed by atoms with Crippen LogP contribution in [0.15, 0.2) is 23.1 Å². The van der Waals surface area contributed by atoms with Crippen LogP contribution in [0.5, 0.6) is 0 Å². The van der Waals surface area contributed by atoms with Crippen LogP contribution in [0.25, 0.3) is 0 Å². The Labute approximate surface area is 127 Å². The first-order valence-electron chi connectivity index (χ1n) is 6.17. The summed E-state index contributed by atoms with van der Waals surface area (Å²) in [7, 11) is -4.11. The fourth-order valence-corrected chi connectivity index (χ4v) is 4.14. The number of benzene rings is 1. The lowest BCUT2D eigenvalue weighted by Crippen LogP contribution is -2.49. The number of halogens is 2. The Bertz CT molecular complexity index is 684. The Morgan fingerprint density at radius 1 is 1.29 bits per heavy atom. The highest BCUT2D eigenvalue weighted by atomic mass is 35.5. The van der Waals surface area contributed by atoms with Gasteiger partial charge in [0.2, 0.25) is 10.0 Å². The van der Waals surface area contributed by atoms with E-state index in [1.165, 1.54) is 6.92 Å². The minimum Gasteiger partial charge on any atom is -0.458 e. The van der Waals surface area contributed by atoms with Gasteiger partial charge in [0.15, 0.2) is 0 Å². The molecule has 1 aliphatic rings. The normalized spacial score (nSPS) is 24.9. The maximum Gasteiger partial charge on any atom is 0.327 e. The lowest BCUT2D eigenvalue weighted by Gasteiger charge is -2.22. The summed E-state index contributed by atoms with van der Waals surface area (Å²) in [4.78, 5) is 11.6. The van der Waals surface area contributed by atoms with Crippen molar-refractivity contribution < 1.29 is 22.3 Å². The van der Waals surface area contributed by atoms with Gasteiger partial charge in [0.1, 0.15) is 17.0 Å². The van der Waals surface area contributed by atoms with Gasteiger partial charge in [-0.3, -0.25) is 4.79 Å². The zero-order valence-electron chi connectivity index (χ0n) is 11.7. The predicted octanol–water partition coefficient (Wildman–Crippen LogP) is 2.24. The Morgan fingerprint density at radius 2 is 1.90 bits per heavy atom. The molecule has 5 nitrogen and oxygen atoms in total. The number of rotatable bonds is 3. The topological polar surface area (TPSA) is 72.5 Å². The maximum atomic E-state index is 13.3. The molecule has 0 radical (unpaired) electrons. The Balaban J connectivity index is 2.36. The van der Waals surface area contributed by atoms with Crippen molar-refractivity contribution in [2.75, 3.05) is 0 Å². The van der Waals surface area contributed by atoms with Crippen molar-refractivity contribution in [3.05, 3.63) is 29.0 Å². The lowest BCUT2D eigenvalue weighted by atomic mass is 9.93. The number of esters is 1. The van der Waals surface area contributed by atoms with Gasteiger partial charge in [-0.2, -0.15) is 4.72 Å². The van der Waals surface area contributed by atoms with Gasteiger partial charge < -0.3 is 4.74 Å². The van der Waals surface area contributed by atoms with Crippen molar-refractivity contribution in [1.29, 1.82) is 0 Å². The molecule has 2 rings (SSSR count). The first kappa shape index (κ1) is 16.2. The predicted molar refractivity (Wildman–Crippen MR) is 74.9 cm³/mol. The third kappa shape index (κ3) is 3.36. The molecule has 116 valence electrons. The third-order valence-electron chi connectivity index (χ3n) is 3.10. The standard InChI is InChI=1S/C13H15ClFNO4S/c1-12(2)7-13(3,11(17)20-12)16-21(18,19)10-5-8(14)4-9(15)6-10/h4-6,16H,7H2,1-3H3. The third-order valence-corrected chi connectivity index (χ3v) is 4.90. The number of nitrogens with one attached hydrogen (secondary N) is 1. The van der Waals surface area contributed by atoms with Gasteiger partial charge in [-0.1, -0.05) is 11.6 Å². The second-order valence-electron chi connectivity index (χ2n) is 5.87. The van der Waals surface area contributed by atoms with Crippen LogP contribution in [0, 0.1) is 5.82 Å². The zero-order valence-corrected chi connectivity index (χ0v) is 13.3. The van der Waals surface area contributed by atoms with E-state index in [0.29, 0.717) is 0 Å². The Kier molecular flexibility index (Phi) is 3.80. The SMILES string of the molecule is CC1(C)CC(C)(NS(=O)(=O)c2cc(F)cc(Cl)c2)C(=O)O1. The number of sulfonamides is 1. The van der Waals surface area contributed by atoms with Crippen LogP contribution in [0.1, 0.15) is 27.2 Å². The van der Waals surface area contributed by atoms with E-state index in [-0.39, 0.29) is 16.3 Å². The molecular formula is C13H15ClFNO4S. The van der Waals surface area contributed by atoms with Gasteiger partial charge in [0.25, 0.3) is 0 Å². The molecule has 1 saturated heterocycles. The Hall–Kier alpha value is -1.18. The van der Waals surface area contributed by atoms with Gasteiger partial charge in [0.05, 0.1) is 4.90 Å². The van der Waals surface area contributed by atoms with Crippen molar-refractivity contribution in [1.82, 2.24) is 4.72 Å². The molecule has 0 aliphatic carbocycles. The van der Waals surface area contributed by atoms with Gasteiger partial charge in [-0.25, -0.2) is 12.8 Å². The fourth-order valence-electron chi connectivity index (χ4n) is 2.44. The van der Waals surface area contributed by atoms with Crippen LogP contribution in [0.4, 0.5) is 4.39 Å². The molecule has 1 fully saturated rings. The summed E-state index contributed by atoms with van der Waals surface area (Å²) in [6.07, 6.45) is 0.168. The van der Waals surface area contributed by atoms with Crippen LogP contribution in [0.3, 0.4) is 0 Å². The second kappa shape index (κ2) is 4.93. The molecule has 0 amide bonds. The van der Waals surface area contributed by atoms with Crippen molar-refractivity contribution in [3.8, 4) is 0 Å². The summed E-state index contributed by atoms with van der Waals surface area (Å²) in [6, 6.07) is 2.94. The second-order valence-corrected chi connectivity index (χ2v) is 7.99.